The van der Waals surface area contributed by atoms with Gasteiger partial charge in [-0.05, 0) is 0 Å². The van der Waals surface area contributed by atoms with Crippen molar-refractivity contribution in [1.29, 1.82) is 0 Å². The van der Waals surface area contributed by atoms with Gasteiger partial charge >= 0.3 is 0 Å². The molecule has 0 spiro atoms. The van der Waals surface area contributed by atoms with Crippen molar-refractivity contribution >= 4 is 30.2 Å². The van der Waals surface area contributed by atoms with Gasteiger partial charge in [0.25, 0.3) is 6.43 Å². The summed E-state index contributed by atoms with van der Waals surface area (Å²) in [6.45, 7) is 0. The fourth-order valence-electron chi connectivity index (χ4n) is 1.20. The van der Waals surface area contributed by atoms with Gasteiger partial charge in [0.1, 0.15) is 5.69 Å². The Bertz CT molecular complexity index is 483. The van der Waals surface area contributed by atoms with Gasteiger partial charge in [-0.1, -0.05) is 0 Å². The summed E-state index contributed by atoms with van der Waals surface area (Å²) >= 11 is 0. The first-order valence-electron chi connectivity index (χ1n) is 3.79. The molecular formula is C8H6F3LiN3. The molecule has 0 atom stereocenters. The van der Waals surface area contributed by atoms with Gasteiger partial charge < -0.3 is 10.1 Å². The number of pyridine rings is 1. The van der Waals surface area contributed by atoms with E-state index in [4.69, 9.17) is 5.73 Å². The Labute approximate surface area is 95.3 Å². The van der Waals surface area contributed by atoms with E-state index in [1.807, 2.05) is 0 Å². The molecule has 2 rings (SSSR count). The first kappa shape index (κ1) is 11.9. The van der Waals surface area contributed by atoms with Gasteiger partial charge in [-0.3, -0.25) is 0 Å². The van der Waals surface area contributed by atoms with E-state index in [1.165, 1.54) is 6.20 Å². The molecule has 75 valence electrons. The minimum absolute atomic E-state index is 0. The van der Waals surface area contributed by atoms with Crippen molar-refractivity contribution in [3.05, 3.63) is 30.0 Å². The zero-order chi connectivity index (χ0) is 10.3. The van der Waals surface area contributed by atoms with E-state index >= 15 is 0 Å². The van der Waals surface area contributed by atoms with Crippen LogP contribution in [-0.2, 0) is 0 Å². The molecule has 0 aromatic carbocycles. The normalized spacial score (nSPS) is 10.7. The van der Waals surface area contributed by atoms with Crippen molar-refractivity contribution in [1.82, 2.24) is 9.38 Å². The number of halogens is 3. The third-order valence-corrected chi connectivity index (χ3v) is 1.77. The molecule has 0 unspecified atom stereocenters. The van der Waals surface area contributed by atoms with Crippen LogP contribution < -0.4 is 5.73 Å². The molecule has 2 aromatic heterocycles. The smallest absolute Gasteiger partial charge is 0.281 e. The van der Waals surface area contributed by atoms with Crippen LogP contribution in [0.1, 0.15) is 12.1 Å². The number of anilines is 1. The van der Waals surface area contributed by atoms with E-state index < -0.39 is 17.9 Å². The minimum Gasteiger partial charge on any atom is -0.397 e. The number of nitrogens with two attached hydrogens (primary N) is 1. The standard InChI is InChI=1S/C8H6F3N3.Li/c9-5-1-4(12)2-14-3-6(7(10)11)13-8(5)14;/h1-3,7H,12H2;. The monoisotopic (exact) mass is 208 g/mol. The molecule has 0 aliphatic rings. The first-order chi connectivity index (χ1) is 6.58. The second-order valence-electron chi connectivity index (χ2n) is 2.82. The summed E-state index contributed by atoms with van der Waals surface area (Å²) in [6, 6.07) is 1.04. The van der Waals surface area contributed by atoms with Crippen molar-refractivity contribution < 1.29 is 13.2 Å². The summed E-state index contributed by atoms with van der Waals surface area (Å²) in [5.74, 6) is -0.711. The number of fused-ring (bicyclic) bond motifs is 1. The Hall–Kier alpha value is -1.12. The number of alkyl halides is 2. The van der Waals surface area contributed by atoms with Crippen LogP contribution in [0.2, 0.25) is 0 Å². The average Bonchev–Trinajstić information content (AvgIpc) is 2.47. The van der Waals surface area contributed by atoms with E-state index in [0.29, 0.717) is 0 Å². The van der Waals surface area contributed by atoms with E-state index in [0.717, 1.165) is 16.7 Å². The molecule has 15 heavy (non-hydrogen) atoms. The quantitative estimate of drug-likeness (QED) is 0.723. The summed E-state index contributed by atoms with van der Waals surface area (Å²) in [4.78, 5) is 3.44. The van der Waals surface area contributed by atoms with Gasteiger partial charge in [-0.15, -0.1) is 0 Å². The third-order valence-electron chi connectivity index (χ3n) is 1.77. The van der Waals surface area contributed by atoms with E-state index in [-0.39, 0.29) is 30.2 Å². The van der Waals surface area contributed by atoms with Crippen LogP contribution in [0.4, 0.5) is 18.9 Å². The molecule has 0 fully saturated rings. The zero-order valence-electron chi connectivity index (χ0n) is 7.92. The van der Waals surface area contributed by atoms with Crippen LogP contribution >= 0.6 is 0 Å². The van der Waals surface area contributed by atoms with Crippen LogP contribution in [0.3, 0.4) is 0 Å². The van der Waals surface area contributed by atoms with Crippen molar-refractivity contribution in [3.63, 3.8) is 0 Å². The largest absolute Gasteiger partial charge is 0.397 e. The molecule has 2 heterocycles. The van der Waals surface area contributed by atoms with Gasteiger partial charge in [0.05, 0.1) is 5.69 Å². The van der Waals surface area contributed by atoms with E-state index in [9.17, 15) is 13.2 Å². The predicted molar refractivity (Wildman–Crippen MR) is 50.3 cm³/mol. The number of hydrogen-bond donors (Lipinski definition) is 1. The molecular weight excluding hydrogens is 202 g/mol. The Morgan fingerprint density at radius 1 is 1.33 bits per heavy atom. The number of aromatic nitrogens is 2. The molecule has 7 heteroatoms. The molecule has 0 saturated carbocycles. The van der Waals surface area contributed by atoms with Crippen molar-refractivity contribution in [2.24, 2.45) is 0 Å². The molecule has 0 bridgehead atoms. The maximum atomic E-state index is 13.1. The molecule has 0 aliphatic carbocycles. The number of hydrogen-bond acceptors (Lipinski definition) is 2. The molecule has 0 aliphatic heterocycles. The van der Waals surface area contributed by atoms with Crippen LogP contribution in [0.5, 0.6) is 0 Å². The van der Waals surface area contributed by atoms with Crippen molar-refractivity contribution in [2.75, 3.05) is 5.73 Å². The summed E-state index contributed by atoms with van der Waals surface area (Å²) in [6.07, 6.45) is -0.327. The van der Waals surface area contributed by atoms with Gasteiger partial charge in [0.15, 0.2) is 11.5 Å². The Balaban J connectivity index is 0.00000112. The van der Waals surface area contributed by atoms with Gasteiger partial charge in [-0.25, -0.2) is 18.2 Å². The summed E-state index contributed by atoms with van der Waals surface area (Å²) in [5, 5.41) is 0. The fourth-order valence-corrected chi connectivity index (χ4v) is 1.20. The Kier molecular flexibility index (Phi) is 3.32. The Morgan fingerprint density at radius 3 is 2.60 bits per heavy atom. The van der Waals surface area contributed by atoms with Crippen LogP contribution in [0.25, 0.3) is 5.65 Å². The van der Waals surface area contributed by atoms with E-state index in [2.05, 4.69) is 4.98 Å². The number of nitrogens with zero attached hydrogens (tertiary/aromatic N) is 2. The number of rotatable bonds is 1. The molecule has 2 aromatic rings. The Morgan fingerprint density at radius 2 is 2.00 bits per heavy atom. The maximum Gasteiger partial charge on any atom is 0.281 e. The predicted octanol–water partition coefficient (Wildman–Crippen LogP) is 1.61. The molecule has 0 saturated heterocycles. The average molecular weight is 208 g/mol. The fraction of sp³-hybridized carbons (Fsp3) is 0.125. The second kappa shape index (κ2) is 4.17. The molecule has 0 amide bonds. The topological polar surface area (TPSA) is 43.3 Å². The first-order valence-corrected chi connectivity index (χ1v) is 3.79. The van der Waals surface area contributed by atoms with Crippen molar-refractivity contribution in [2.45, 2.75) is 6.43 Å². The molecule has 1 radical (unpaired) electrons. The van der Waals surface area contributed by atoms with Gasteiger partial charge in [-0.2, -0.15) is 0 Å². The zero-order valence-corrected chi connectivity index (χ0v) is 7.92. The van der Waals surface area contributed by atoms with E-state index in [1.54, 1.807) is 0 Å². The van der Waals surface area contributed by atoms with Gasteiger partial charge in [0.2, 0.25) is 0 Å². The SMILES string of the molecule is Nc1cc(F)c2nc(C(F)F)cn2c1.[Li]. The van der Waals surface area contributed by atoms with Crippen LogP contribution in [0.15, 0.2) is 18.5 Å². The summed E-state index contributed by atoms with van der Waals surface area (Å²) < 4.78 is 38.7. The molecule has 3 nitrogen and oxygen atoms in total. The summed E-state index contributed by atoms with van der Waals surface area (Å²) in [5.41, 5.74) is 4.89. The van der Waals surface area contributed by atoms with Crippen LogP contribution in [-0.4, -0.2) is 28.2 Å². The number of nitrogen functional groups attached to an aromatic ring is 1. The summed E-state index contributed by atoms with van der Waals surface area (Å²) in [7, 11) is 0. The second-order valence-corrected chi connectivity index (χ2v) is 2.82. The minimum atomic E-state index is -2.71. The van der Waals surface area contributed by atoms with Crippen LogP contribution in [0, 0.1) is 5.82 Å². The maximum absolute atomic E-state index is 13.1. The molecule has 2 N–H and O–H groups in total. The third kappa shape index (κ3) is 2.11. The van der Waals surface area contributed by atoms with Crippen molar-refractivity contribution in [3.8, 4) is 0 Å². The number of imidazole rings is 1. The van der Waals surface area contributed by atoms with Gasteiger partial charge in [0, 0.05) is 37.3 Å².